The lowest BCUT2D eigenvalue weighted by Gasteiger charge is -2.32. The average molecular weight is 272 g/mol. The Labute approximate surface area is 123 Å². The lowest BCUT2D eigenvalue weighted by Crippen LogP contribution is -2.37. The topological polar surface area (TPSA) is 15.3 Å². The summed E-state index contributed by atoms with van der Waals surface area (Å²) in [4.78, 5) is 2.55. The lowest BCUT2D eigenvalue weighted by molar-refractivity contribution is 0.179. The molecule has 2 aliphatic rings. The first-order valence-electron chi connectivity index (χ1n) is 8.39. The summed E-state index contributed by atoms with van der Waals surface area (Å²) in [5.41, 5.74) is 4.58. The van der Waals surface area contributed by atoms with Crippen LogP contribution in [0, 0.1) is 0 Å². The van der Waals surface area contributed by atoms with Crippen molar-refractivity contribution >= 4 is 5.69 Å². The Morgan fingerprint density at radius 1 is 1.15 bits per heavy atom. The molecule has 1 aromatic carbocycles. The number of piperidine rings is 1. The molecule has 3 rings (SSSR count). The first-order valence-corrected chi connectivity index (χ1v) is 8.39. The van der Waals surface area contributed by atoms with Gasteiger partial charge in [0.1, 0.15) is 0 Å². The van der Waals surface area contributed by atoms with E-state index in [0.29, 0.717) is 0 Å². The minimum atomic E-state index is 0.788. The van der Waals surface area contributed by atoms with Crippen molar-refractivity contribution in [3.05, 3.63) is 29.3 Å². The number of aryl methyl sites for hydroxylation is 1. The zero-order chi connectivity index (χ0) is 13.8. The van der Waals surface area contributed by atoms with E-state index >= 15 is 0 Å². The van der Waals surface area contributed by atoms with Crippen LogP contribution in [0.1, 0.15) is 49.7 Å². The molecule has 0 bridgehead atoms. The molecule has 0 saturated carbocycles. The number of rotatable bonds is 4. The van der Waals surface area contributed by atoms with Gasteiger partial charge in [0, 0.05) is 18.3 Å². The zero-order valence-corrected chi connectivity index (χ0v) is 12.8. The maximum Gasteiger partial charge on any atom is 0.0375 e. The Bertz CT molecular complexity index is 441. The van der Waals surface area contributed by atoms with E-state index in [1.165, 1.54) is 63.6 Å². The summed E-state index contributed by atoms with van der Waals surface area (Å²) in [5, 5.41) is 3.71. The van der Waals surface area contributed by atoms with E-state index in [1.54, 1.807) is 11.1 Å². The minimum Gasteiger partial charge on any atom is -0.385 e. The number of fused-ring (bicyclic) bond motifs is 1. The highest BCUT2D eigenvalue weighted by Gasteiger charge is 2.18. The van der Waals surface area contributed by atoms with Crippen molar-refractivity contribution in [3.8, 4) is 0 Å². The van der Waals surface area contributed by atoms with Crippen LogP contribution in [0.15, 0.2) is 18.2 Å². The van der Waals surface area contributed by atoms with Crippen molar-refractivity contribution in [1.82, 2.24) is 4.90 Å². The smallest absolute Gasteiger partial charge is 0.0375 e. The van der Waals surface area contributed by atoms with E-state index in [9.17, 15) is 0 Å². The van der Waals surface area contributed by atoms with Gasteiger partial charge in [-0.2, -0.15) is 0 Å². The third-order valence-electron chi connectivity index (χ3n) is 5.11. The lowest BCUT2D eigenvalue weighted by atomic mass is 9.90. The molecule has 20 heavy (non-hydrogen) atoms. The van der Waals surface area contributed by atoms with Crippen LogP contribution in [-0.4, -0.2) is 31.1 Å². The highest BCUT2D eigenvalue weighted by molar-refractivity contribution is 5.55. The van der Waals surface area contributed by atoms with Gasteiger partial charge in [0.05, 0.1) is 0 Å². The molecule has 1 aromatic rings. The summed E-state index contributed by atoms with van der Waals surface area (Å²) < 4.78 is 0. The largest absolute Gasteiger partial charge is 0.385 e. The number of nitrogens with one attached hydrogen (secondary N) is 1. The Kier molecular flexibility index (Phi) is 4.62. The van der Waals surface area contributed by atoms with E-state index in [2.05, 4.69) is 35.5 Å². The average Bonchev–Trinajstić information content (AvgIpc) is 2.49. The molecular formula is C18H28N2. The minimum absolute atomic E-state index is 0.788. The Balaban J connectivity index is 1.56. The normalized spacial score (nSPS) is 23.4. The Hall–Kier alpha value is -1.02. The second kappa shape index (κ2) is 6.62. The molecule has 0 radical (unpaired) electrons. The Morgan fingerprint density at radius 2 is 2.05 bits per heavy atom. The van der Waals surface area contributed by atoms with Crippen molar-refractivity contribution in [2.75, 3.05) is 25.5 Å². The van der Waals surface area contributed by atoms with Gasteiger partial charge >= 0.3 is 0 Å². The molecule has 0 amide bonds. The number of nitrogens with zero attached hydrogens (tertiary/aromatic N) is 1. The molecular weight excluding hydrogens is 244 g/mol. The molecule has 2 heteroatoms. The first-order chi connectivity index (χ1) is 9.84. The first kappa shape index (κ1) is 13.9. The maximum atomic E-state index is 3.71. The quantitative estimate of drug-likeness (QED) is 0.895. The van der Waals surface area contributed by atoms with Gasteiger partial charge in [-0.25, -0.2) is 0 Å². The Morgan fingerprint density at radius 3 is 2.95 bits per heavy atom. The van der Waals surface area contributed by atoms with E-state index in [0.717, 1.165) is 12.6 Å². The van der Waals surface area contributed by atoms with Crippen LogP contribution in [0.3, 0.4) is 0 Å². The molecule has 1 saturated heterocycles. The van der Waals surface area contributed by atoms with Gasteiger partial charge in [-0.1, -0.05) is 18.6 Å². The van der Waals surface area contributed by atoms with Crippen LogP contribution in [0.4, 0.5) is 5.69 Å². The number of likely N-dealkylation sites (tertiary alicyclic amines) is 1. The molecule has 1 N–H and O–H groups in total. The molecule has 1 atom stereocenters. The predicted octanol–water partition coefficient (Wildman–Crippen LogP) is 3.85. The third kappa shape index (κ3) is 3.17. The van der Waals surface area contributed by atoms with Crippen molar-refractivity contribution in [2.24, 2.45) is 0 Å². The highest BCUT2D eigenvalue weighted by atomic mass is 15.1. The summed E-state index contributed by atoms with van der Waals surface area (Å²) >= 11 is 0. The second-order valence-corrected chi connectivity index (χ2v) is 6.50. The number of anilines is 1. The van der Waals surface area contributed by atoms with Crippen LogP contribution >= 0.6 is 0 Å². The second-order valence-electron chi connectivity index (χ2n) is 6.50. The van der Waals surface area contributed by atoms with Gasteiger partial charge in [-0.15, -0.1) is 0 Å². The van der Waals surface area contributed by atoms with Crippen LogP contribution in [0.2, 0.25) is 0 Å². The van der Waals surface area contributed by atoms with Gasteiger partial charge in [-0.05, 0) is 75.7 Å². The van der Waals surface area contributed by atoms with Gasteiger partial charge in [-0.3, -0.25) is 0 Å². The fourth-order valence-electron chi connectivity index (χ4n) is 3.83. The van der Waals surface area contributed by atoms with Gasteiger partial charge in [0.25, 0.3) is 0 Å². The van der Waals surface area contributed by atoms with E-state index in [-0.39, 0.29) is 0 Å². The summed E-state index contributed by atoms with van der Waals surface area (Å²) in [5.74, 6) is 0. The molecule has 1 heterocycles. The summed E-state index contributed by atoms with van der Waals surface area (Å²) in [6.45, 7) is 2.40. The maximum absolute atomic E-state index is 3.71. The van der Waals surface area contributed by atoms with Crippen LogP contribution in [0.25, 0.3) is 0 Å². The van der Waals surface area contributed by atoms with Gasteiger partial charge in [0.15, 0.2) is 0 Å². The number of benzene rings is 1. The summed E-state index contributed by atoms with van der Waals surface area (Å²) in [6.07, 6.45) is 10.7. The fourth-order valence-corrected chi connectivity index (χ4v) is 3.83. The van der Waals surface area contributed by atoms with Crippen molar-refractivity contribution in [1.29, 1.82) is 0 Å². The molecule has 2 nitrogen and oxygen atoms in total. The van der Waals surface area contributed by atoms with E-state index in [1.807, 2.05) is 0 Å². The highest BCUT2D eigenvalue weighted by Crippen LogP contribution is 2.28. The van der Waals surface area contributed by atoms with Gasteiger partial charge < -0.3 is 10.2 Å². The molecule has 1 aliphatic heterocycles. The molecule has 0 aromatic heterocycles. The van der Waals surface area contributed by atoms with Crippen LogP contribution in [-0.2, 0) is 12.8 Å². The fraction of sp³-hybridized carbons (Fsp3) is 0.667. The standard InChI is InChI=1S/C18H28N2/c1-20-14-5-4-9-16(20)12-13-19-18-11-6-8-15-7-2-3-10-17(15)18/h6,8,11,16,19H,2-5,7,9-10,12-14H2,1H3. The SMILES string of the molecule is CN1CCCCC1CCNc1cccc2c1CCCC2. The van der Waals surface area contributed by atoms with Crippen molar-refractivity contribution in [2.45, 2.75) is 57.4 Å². The summed E-state index contributed by atoms with van der Waals surface area (Å²) in [6, 6.07) is 7.60. The van der Waals surface area contributed by atoms with Crippen molar-refractivity contribution < 1.29 is 0 Å². The molecule has 1 fully saturated rings. The predicted molar refractivity (Wildman–Crippen MR) is 86.5 cm³/mol. The molecule has 110 valence electrons. The molecule has 1 aliphatic carbocycles. The summed E-state index contributed by atoms with van der Waals surface area (Å²) in [7, 11) is 2.29. The third-order valence-corrected chi connectivity index (χ3v) is 5.11. The van der Waals surface area contributed by atoms with Crippen LogP contribution < -0.4 is 5.32 Å². The molecule has 0 spiro atoms. The number of hydrogen-bond acceptors (Lipinski definition) is 2. The van der Waals surface area contributed by atoms with Crippen LogP contribution in [0.5, 0.6) is 0 Å². The number of hydrogen-bond donors (Lipinski definition) is 1. The monoisotopic (exact) mass is 272 g/mol. The van der Waals surface area contributed by atoms with Gasteiger partial charge in [0.2, 0.25) is 0 Å². The zero-order valence-electron chi connectivity index (χ0n) is 12.8. The van der Waals surface area contributed by atoms with Crippen molar-refractivity contribution in [3.63, 3.8) is 0 Å². The van der Waals surface area contributed by atoms with E-state index < -0.39 is 0 Å². The molecule has 1 unspecified atom stereocenters. The van der Waals surface area contributed by atoms with E-state index in [4.69, 9.17) is 0 Å².